The van der Waals surface area contributed by atoms with Crippen molar-refractivity contribution >= 4 is 5.57 Å². The van der Waals surface area contributed by atoms with Gasteiger partial charge in [0.05, 0.1) is 13.2 Å². The summed E-state index contributed by atoms with van der Waals surface area (Å²) in [6.45, 7) is 2.08. The maximum atomic E-state index is 15.5. The second-order valence-corrected chi connectivity index (χ2v) is 8.57. The van der Waals surface area contributed by atoms with Crippen LogP contribution in [0.5, 0.6) is 11.5 Å². The normalized spacial score (nSPS) is 23.9. The number of nitrogens with two attached hydrogens (primary N) is 1. The summed E-state index contributed by atoms with van der Waals surface area (Å²) >= 11 is 0. The van der Waals surface area contributed by atoms with Gasteiger partial charge in [-0.05, 0) is 53.5 Å². The van der Waals surface area contributed by atoms with Gasteiger partial charge in [0.25, 0.3) is 0 Å². The van der Waals surface area contributed by atoms with E-state index >= 15 is 4.39 Å². The van der Waals surface area contributed by atoms with Crippen LogP contribution in [0.15, 0.2) is 60.9 Å². The zero-order valence-electron chi connectivity index (χ0n) is 18.0. The monoisotopic (exact) mass is 445 g/mol. The number of benzene rings is 2. The molecular weight excluding hydrogens is 421 g/mol. The fourth-order valence-corrected chi connectivity index (χ4v) is 4.89. The van der Waals surface area contributed by atoms with E-state index in [-0.39, 0.29) is 5.75 Å². The SMILES string of the molecule is N[C@@H]1CNCC2(O1)c1cc(-c3cccnc3)ccc1Oc1c(F)cc(C3=CCCOC3)cc12. The van der Waals surface area contributed by atoms with E-state index in [2.05, 4.69) is 16.4 Å². The van der Waals surface area contributed by atoms with E-state index < -0.39 is 17.6 Å². The van der Waals surface area contributed by atoms with Crippen LogP contribution in [0, 0.1) is 5.82 Å². The molecule has 1 unspecified atom stereocenters. The Morgan fingerprint density at radius 2 is 2.00 bits per heavy atom. The van der Waals surface area contributed by atoms with E-state index in [4.69, 9.17) is 19.9 Å². The van der Waals surface area contributed by atoms with Crippen LogP contribution in [-0.4, -0.2) is 37.5 Å². The van der Waals surface area contributed by atoms with Crippen molar-refractivity contribution in [3.63, 3.8) is 0 Å². The zero-order chi connectivity index (χ0) is 22.4. The molecule has 3 aromatic rings. The number of nitrogens with zero attached hydrogens (tertiary/aromatic N) is 1. The van der Waals surface area contributed by atoms with E-state index in [9.17, 15) is 0 Å². The van der Waals surface area contributed by atoms with Crippen molar-refractivity contribution in [1.29, 1.82) is 0 Å². The van der Waals surface area contributed by atoms with Gasteiger partial charge in [-0.15, -0.1) is 0 Å². The Balaban J connectivity index is 1.55. The van der Waals surface area contributed by atoms with Crippen LogP contribution < -0.4 is 15.8 Å². The summed E-state index contributed by atoms with van der Waals surface area (Å²) in [6.07, 6.45) is 5.90. The predicted molar refractivity (Wildman–Crippen MR) is 122 cm³/mol. The summed E-state index contributed by atoms with van der Waals surface area (Å²) in [4.78, 5) is 4.24. The highest BCUT2D eigenvalue weighted by Gasteiger charge is 2.48. The van der Waals surface area contributed by atoms with Crippen molar-refractivity contribution in [2.24, 2.45) is 5.73 Å². The lowest BCUT2D eigenvalue weighted by atomic mass is 9.79. The molecule has 0 saturated carbocycles. The fraction of sp³-hybridized carbons (Fsp3) is 0.269. The first-order valence-electron chi connectivity index (χ1n) is 11.1. The highest BCUT2D eigenvalue weighted by atomic mass is 19.1. The topological polar surface area (TPSA) is 78.6 Å². The van der Waals surface area contributed by atoms with Crippen LogP contribution in [-0.2, 0) is 15.1 Å². The van der Waals surface area contributed by atoms with Gasteiger partial charge in [0.2, 0.25) is 0 Å². The lowest BCUT2D eigenvalue weighted by Crippen LogP contribution is -2.56. The van der Waals surface area contributed by atoms with Crippen molar-refractivity contribution < 1.29 is 18.6 Å². The smallest absolute Gasteiger partial charge is 0.169 e. The van der Waals surface area contributed by atoms with Gasteiger partial charge in [0.1, 0.15) is 17.6 Å². The number of rotatable bonds is 2. The third-order valence-electron chi connectivity index (χ3n) is 6.45. The lowest BCUT2D eigenvalue weighted by molar-refractivity contribution is -0.0973. The minimum Gasteiger partial charge on any atom is -0.453 e. The van der Waals surface area contributed by atoms with Crippen molar-refractivity contribution in [3.8, 4) is 22.6 Å². The molecule has 0 bridgehead atoms. The highest BCUT2D eigenvalue weighted by Crippen LogP contribution is 2.52. The van der Waals surface area contributed by atoms with Gasteiger partial charge in [-0.1, -0.05) is 18.2 Å². The molecule has 168 valence electrons. The molecule has 1 saturated heterocycles. The van der Waals surface area contributed by atoms with Crippen molar-refractivity contribution in [3.05, 3.63) is 83.4 Å². The van der Waals surface area contributed by atoms with Gasteiger partial charge in [0.15, 0.2) is 11.6 Å². The molecule has 3 aliphatic rings. The second kappa shape index (κ2) is 8.04. The first kappa shape index (κ1) is 20.5. The molecule has 0 amide bonds. The van der Waals surface area contributed by atoms with E-state index in [1.165, 1.54) is 6.07 Å². The van der Waals surface area contributed by atoms with Crippen molar-refractivity contribution in [2.45, 2.75) is 18.2 Å². The largest absolute Gasteiger partial charge is 0.453 e. The summed E-state index contributed by atoms with van der Waals surface area (Å²) in [6, 6.07) is 13.2. The fourth-order valence-electron chi connectivity index (χ4n) is 4.89. The molecule has 2 atom stereocenters. The van der Waals surface area contributed by atoms with Gasteiger partial charge < -0.3 is 25.3 Å². The summed E-state index contributed by atoms with van der Waals surface area (Å²) in [7, 11) is 0. The van der Waals surface area contributed by atoms with E-state index in [1.54, 1.807) is 6.20 Å². The Morgan fingerprint density at radius 3 is 2.79 bits per heavy atom. The first-order chi connectivity index (χ1) is 16.1. The number of hydrogen-bond donors (Lipinski definition) is 2. The number of ether oxygens (including phenoxy) is 3. The first-order valence-corrected chi connectivity index (χ1v) is 11.1. The summed E-state index contributed by atoms with van der Waals surface area (Å²) in [5.41, 5.74) is 10.4. The van der Waals surface area contributed by atoms with E-state index in [1.807, 2.05) is 42.6 Å². The number of hydrogen-bond acceptors (Lipinski definition) is 6. The Kier molecular flexibility index (Phi) is 4.99. The third-order valence-corrected chi connectivity index (χ3v) is 6.45. The molecule has 3 N–H and O–H groups in total. The lowest BCUT2D eigenvalue weighted by Gasteiger charge is -2.45. The molecule has 6 nitrogen and oxygen atoms in total. The quantitative estimate of drug-likeness (QED) is 0.622. The number of nitrogens with one attached hydrogen (secondary N) is 1. The molecule has 1 fully saturated rings. The molecule has 33 heavy (non-hydrogen) atoms. The third kappa shape index (κ3) is 3.45. The molecule has 1 aromatic heterocycles. The van der Waals surface area contributed by atoms with Crippen LogP contribution >= 0.6 is 0 Å². The maximum Gasteiger partial charge on any atom is 0.169 e. The number of pyridine rings is 1. The predicted octanol–water partition coefficient (Wildman–Crippen LogP) is 3.95. The molecule has 2 aromatic carbocycles. The Bertz CT molecular complexity index is 1250. The van der Waals surface area contributed by atoms with Gasteiger partial charge in [-0.2, -0.15) is 0 Å². The second-order valence-electron chi connectivity index (χ2n) is 8.57. The zero-order valence-corrected chi connectivity index (χ0v) is 18.0. The van der Waals surface area contributed by atoms with Crippen LogP contribution in [0.4, 0.5) is 4.39 Å². The summed E-state index contributed by atoms with van der Waals surface area (Å²) in [5.74, 6) is 0.296. The molecule has 3 aliphatic heterocycles. The molecule has 4 heterocycles. The van der Waals surface area contributed by atoms with Crippen LogP contribution in [0.3, 0.4) is 0 Å². The number of morpholine rings is 1. The van der Waals surface area contributed by atoms with Crippen LogP contribution in [0.2, 0.25) is 0 Å². The minimum absolute atomic E-state index is 0.175. The number of fused-ring (bicyclic) bond motifs is 4. The van der Waals surface area contributed by atoms with Crippen LogP contribution in [0.25, 0.3) is 16.7 Å². The van der Waals surface area contributed by atoms with E-state index in [0.717, 1.165) is 34.2 Å². The number of aromatic nitrogens is 1. The average molecular weight is 445 g/mol. The average Bonchev–Trinajstić information content (AvgIpc) is 2.86. The molecule has 0 aliphatic carbocycles. The van der Waals surface area contributed by atoms with Gasteiger partial charge >= 0.3 is 0 Å². The van der Waals surface area contributed by atoms with E-state index in [0.29, 0.717) is 37.6 Å². The van der Waals surface area contributed by atoms with Gasteiger partial charge in [-0.3, -0.25) is 4.98 Å². The molecule has 0 radical (unpaired) electrons. The number of halogens is 1. The Morgan fingerprint density at radius 1 is 1.09 bits per heavy atom. The standard InChI is InChI=1S/C26H24FN3O3/c27-22-11-19(18-4-2-8-31-14-18)10-21-25(22)32-23-6-5-16(17-3-1-7-29-12-17)9-20(23)26(21)15-30-13-24(28)33-26/h1,3-7,9-12,24,30H,2,8,13-15,28H2/t24-,26?/m0/s1. The van der Waals surface area contributed by atoms with Crippen molar-refractivity contribution in [1.82, 2.24) is 10.3 Å². The van der Waals surface area contributed by atoms with Gasteiger partial charge in [0, 0.05) is 42.2 Å². The molecular formula is C26H24FN3O3. The molecule has 6 rings (SSSR count). The summed E-state index contributed by atoms with van der Waals surface area (Å²) < 4.78 is 33.6. The minimum atomic E-state index is -0.994. The molecule has 7 heteroatoms. The van der Waals surface area contributed by atoms with Crippen LogP contribution in [0.1, 0.15) is 23.1 Å². The Hall–Kier alpha value is -3.10. The Labute approximate surface area is 191 Å². The van der Waals surface area contributed by atoms with Crippen molar-refractivity contribution in [2.75, 3.05) is 26.3 Å². The maximum absolute atomic E-state index is 15.5. The van der Waals surface area contributed by atoms with Gasteiger partial charge in [-0.25, -0.2) is 4.39 Å². The highest BCUT2D eigenvalue weighted by molar-refractivity contribution is 5.72. The summed E-state index contributed by atoms with van der Waals surface area (Å²) in [5, 5.41) is 3.37. The molecule has 1 spiro atoms.